The number of carbonyl (C=O) groups excluding carboxylic acids is 2. The van der Waals surface area contributed by atoms with E-state index < -0.39 is 59.1 Å². The molecule has 2 atom stereocenters. The largest absolute Gasteiger partial charge is 0.496 e. The number of hydrogen-bond donors (Lipinski definition) is 0. The van der Waals surface area contributed by atoms with Gasteiger partial charge in [0.25, 0.3) is 0 Å². The van der Waals surface area contributed by atoms with Gasteiger partial charge in [0.15, 0.2) is 0 Å². The zero-order chi connectivity index (χ0) is 32.8. The molecule has 7 nitrogen and oxygen atoms in total. The lowest BCUT2D eigenvalue weighted by atomic mass is 9.96. The van der Waals surface area contributed by atoms with E-state index in [1.165, 1.54) is 20.1 Å². The first kappa shape index (κ1) is 32.0. The summed E-state index contributed by atoms with van der Waals surface area (Å²) in [4.78, 5) is 30.9. The molecule has 14 heteroatoms. The Hall–Kier alpha value is -4.36. The van der Waals surface area contributed by atoms with E-state index in [-0.39, 0.29) is 36.3 Å². The molecule has 2 heterocycles. The van der Waals surface area contributed by atoms with Crippen LogP contribution in [-0.4, -0.2) is 42.2 Å². The topological polar surface area (TPSA) is 78.0 Å². The molecule has 2 aliphatic rings. The predicted octanol–water partition coefficient (Wildman–Crippen LogP) is 7.61. The van der Waals surface area contributed by atoms with Crippen LogP contribution in [0.15, 0.2) is 42.5 Å². The fraction of sp³-hybridized carbons (Fsp3) is 0.387. The highest BCUT2D eigenvalue weighted by Gasteiger charge is 2.44. The van der Waals surface area contributed by atoms with Gasteiger partial charge in [-0.1, -0.05) is 6.07 Å². The lowest BCUT2D eigenvalue weighted by molar-refractivity contribution is -0.143. The van der Waals surface area contributed by atoms with Gasteiger partial charge in [-0.25, -0.2) is 9.18 Å². The maximum Gasteiger partial charge on any atom is 0.416 e. The van der Waals surface area contributed by atoms with Gasteiger partial charge in [-0.2, -0.15) is 26.3 Å². The van der Waals surface area contributed by atoms with Crippen LogP contribution in [0.1, 0.15) is 65.4 Å². The number of ether oxygens (including phenoxy) is 3. The zero-order valence-electron chi connectivity index (χ0n) is 24.2. The number of benzene rings is 2. The summed E-state index contributed by atoms with van der Waals surface area (Å²) in [6, 6.07) is 6.06. The van der Waals surface area contributed by atoms with Crippen LogP contribution in [-0.2, 0) is 39.6 Å². The standard InChI is InChI=1S/C31H27F7N2O5/c1-15-28(18-8-19(30(33,34)35)12-20(9-18)31(36,37)38)45-29(42)40(15)14-25-21(6-7-24(39-25)16-4-5-16)22-10-17(11-27(41)44-3)23(32)13-26(22)43-2/h6-10,12-13,15-16,28H,4-5,11,14H2,1-3H3/t15-,28-/m0/s1. The molecule has 3 aromatic rings. The second-order valence-electron chi connectivity index (χ2n) is 10.9. The van der Waals surface area contributed by atoms with Gasteiger partial charge in [0.2, 0.25) is 0 Å². The lowest BCUT2D eigenvalue weighted by Crippen LogP contribution is -2.32. The van der Waals surface area contributed by atoms with E-state index in [0.717, 1.165) is 30.9 Å². The summed E-state index contributed by atoms with van der Waals surface area (Å²) in [6.45, 7) is 1.20. The molecule has 0 bridgehead atoms. The number of rotatable bonds is 8. The molecule has 2 fully saturated rings. The average Bonchev–Trinajstić information content (AvgIpc) is 3.79. The average molecular weight is 641 g/mol. The van der Waals surface area contributed by atoms with Crippen LogP contribution in [0.25, 0.3) is 11.1 Å². The highest BCUT2D eigenvalue weighted by atomic mass is 19.4. The van der Waals surface area contributed by atoms with E-state index in [2.05, 4.69) is 4.74 Å². The SMILES string of the molecule is COC(=O)Cc1cc(-c2ccc(C3CC3)nc2CN2C(=O)O[C@H](c3cc(C(F)(F)F)cc(C(F)(F)F)c3)[C@@H]2C)c(OC)cc1F. The Bertz CT molecular complexity index is 1600. The van der Waals surface area contributed by atoms with Gasteiger partial charge in [-0.05, 0) is 61.2 Å². The quantitative estimate of drug-likeness (QED) is 0.186. The number of esters is 1. The number of halogens is 7. The highest BCUT2D eigenvalue weighted by molar-refractivity contribution is 5.78. The summed E-state index contributed by atoms with van der Waals surface area (Å²) in [5.41, 5.74) is -1.74. The van der Waals surface area contributed by atoms with Crippen molar-refractivity contribution in [3.8, 4) is 16.9 Å². The Morgan fingerprint density at radius 2 is 1.62 bits per heavy atom. The van der Waals surface area contributed by atoms with Gasteiger partial charge >= 0.3 is 24.4 Å². The first-order valence-corrected chi connectivity index (χ1v) is 13.8. The van der Waals surface area contributed by atoms with Crippen LogP contribution in [0.4, 0.5) is 35.5 Å². The molecule has 2 aromatic carbocycles. The molecule has 1 aromatic heterocycles. The van der Waals surface area contributed by atoms with Gasteiger partial charge in [0.05, 0.1) is 50.0 Å². The smallest absolute Gasteiger partial charge is 0.416 e. The molecule has 1 saturated carbocycles. The summed E-state index contributed by atoms with van der Waals surface area (Å²) < 4.78 is 111. The monoisotopic (exact) mass is 640 g/mol. The van der Waals surface area contributed by atoms with E-state index in [1.807, 2.05) is 0 Å². The third-order valence-corrected chi connectivity index (χ3v) is 7.86. The van der Waals surface area contributed by atoms with Crippen LogP contribution < -0.4 is 4.74 Å². The Balaban J connectivity index is 1.54. The van der Waals surface area contributed by atoms with Gasteiger partial charge in [0, 0.05) is 28.8 Å². The summed E-state index contributed by atoms with van der Waals surface area (Å²) in [6.07, 6.45) is -11.2. The molecule has 1 saturated heterocycles. The molecule has 240 valence electrons. The molecule has 0 spiro atoms. The fourth-order valence-corrected chi connectivity index (χ4v) is 5.30. The second-order valence-corrected chi connectivity index (χ2v) is 10.9. The molecule has 0 N–H and O–H groups in total. The molecule has 0 unspecified atom stereocenters. The molecule has 45 heavy (non-hydrogen) atoms. The van der Waals surface area contributed by atoms with E-state index in [9.17, 15) is 40.3 Å². The van der Waals surface area contributed by atoms with Crippen LogP contribution >= 0.6 is 0 Å². The van der Waals surface area contributed by atoms with Crippen LogP contribution in [0, 0.1) is 5.82 Å². The minimum atomic E-state index is -5.08. The molecular weight excluding hydrogens is 613 g/mol. The Labute approximate surface area is 252 Å². The number of carbonyl (C=O) groups is 2. The van der Waals surface area contributed by atoms with Crippen molar-refractivity contribution in [2.24, 2.45) is 0 Å². The predicted molar refractivity (Wildman–Crippen MR) is 145 cm³/mol. The maximum absolute atomic E-state index is 14.8. The number of nitrogens with zero attached hydrogens (tertiary/aromatic N) is 2. The van der Waals surface area contributed by atoms with Crippen LogP contribution in [0.3, 0.4) is 0 Å². The number of alkyl halides is 6. The lowest BCUT2D eigenvalue weighted by Gasteiger charge is -2.23. The number of cyclic esters (lactones) is 1. The van der Waals surface area contributed by atoms with Crippen LogP contribution in [0.5, 0.6) is 5.75 Å². The fourth-order valence-electron chi connectivity index (χ4n) is 5.30. The number of aromatic nitrogens is 1. The summed E-state index contributed by atoms with van der Waals surface area (Å²) in [7, 11) is 2.48. The Kier molecular flexibility index (Phi) is 8.45. The molecule has 5 rings (SSSR count). The highest BCUT2D eigenvalue weighted by Crippen LogP contribution is 2.44. The van der Waals surface area contributed by atoms with Gasteiger partial charge in [-0.15, -0.1) is 0 Å². The van der Waals surface area contributed by atoms with Gasteiger partial charge in [-0.3, -0.25) is 14.7 Å². The summed E-state index contributed by atoms with van der Waals surface area (Å²) in [5, 5.41) is 0. The molecular formula is C31H27F7N2O5. The molecule has 1 amide bonds. The Morgan fingerprint density at radius 3 is 2.18 bits per heavy atom. The van der Waals surface area contributed by atoms with Crippen molar-refractivity contribution in [1.29, 1.82) is 0 Å². The van der Waals surface area contributed by atoms with Crippen molar-refractivity contribution in [2.45, 2.75) is 63.1 Å². The van der Waals surface area contributed by atoms with Crippen molar-refractivity contribution < 1.29 is 54.5 Å². The summed E-state index contributed by atoms with van der Waals surface area (Å²) in [5.74, 6) is -1.13. The second kappa shape index (κ2) is 11.9. The summed E-state index contributed by atoms with van der Waals surface area (Å²) >= 11 is 0. The zero-order valence-corrected chi connectivity index (χ0v) is 24.2. The molecule has 1 aliphatic heterocycles. The molecule has 1 aliphatic carbocycles. The van der Waals surface area contributed by atoms with Gasteiger partial charge in [0.1, 0.15) is 17.7 Å². The third-order valence-electron chi connectivity index (χ3n) is 7.86. The number of methoxy groups -OCH3 is 2. The first-order valence-electron chi connectivity index (χ1n) is 13.8. The van der Waals surface area contributed by atoms with Crippen molar-refractivity contribution in [1.82, 2.24) is 9.88 Å². The van der Waals surface area contributed by atoms with Crippen LogP contribution in [0.2, 0.25) is 0 Å². The first-order chi connectivity index (χ1) is 21.1. The normalized spacial score (nSPS) is 18.6. The minimum Gasteiger partial charge on any atom is -0.496 e. The van der Waals surface area contributed by atoms with Crippen molar-refractivity contribution >= 4 is 12.1 Å². The third kappa shape index (κ3) is 6.69. The maximum atomic E-state index is 14.8. The number of hydrogen-bond acceptors (Lipinski definition) is 6. The van der Waals surface area contributed by atoms with E-state index in [1.54, 1.807) is 12.1 Å². The number of amides is 1. The van der Waals surface area contributed by atoms with E-state index >= 15 is 0 Å². The van der Waals surface area contributed by atoms with Crippen molar-refractivity contribution in [2.75, 3.05) is 14.2 Å². The van der Waals surface area contributed by atoms with Gasteiger partial charge < -0.3 is 14.2 Å². The molecule has 0 radical (unpaired) electrons. The number of pyridine rings is 1. The minimum absolute atomic E-state index is 0.00677. The van der Waals surface area contributed by atoms with Crippen molar-refractivity contribution in [3.63, 3.8) is 0 Å². The van der Waals surface area contributed by atoms with Crippen molar-refractivity contribution in [3.05, 3.63) is 81.9 Å². The Morgan fingerprint density at radius 1 is 0.978 bits per heavy atom. The van der Waals surface area contributed by atoms with E-state index in [4.69, 9.17) is 14.5 Å². The van der Waals surface area contributed by atoms with E-state index in [0.29, 0.717) is 34.6 Å².